The van der Waals surface area contributed by atoms with Gasteiger partial charge in [0.2, 0.25) is 0 Å². The van der Waals surface area contributed by atoms with Gasteiger partial charge in [0.25, 0.3) is 5.91 Å². The number of likely N-dealkylation sites (tertiary alicyclic amines) is 1. The van der Waals surface area contributed by atoms with E-state index in [4.69, 9.17) is 4.74 Å². The Morgan fingerprint density at radius 1 is 1.15 bits per heavy atom. The lowest BCUT2D eigenvalue weighted by Crippen LogP contribution is -2.47. The molecular weight excluding hydrogens is 344 g/mol. The summed E-state index contributed by atoms with van der Waals surface area (Å²) in [6.45, 7) is 6.65. The standard InChI is InChI=1S/C21H26N2O4/c1-21(2,3)27-20(26)22-16-9-11-23(12-10-16)19(25)15-7-8-17-14(13-15)5-4-6-18(17)24/h4-8,13,16,24H,9-12H2,1-3H3,(H,22,26). The van der Waals surface area contributed by atoms with Crippen molar-refractivity contribution in [3.63, 3.8) is 0 Å². The number of hydrogen-bond acceptors (Lipinski definition) is 4. The van der Waals surface area contributed by atoms with Crippen LogP contribution in [0.4, 0.5) is 4.79 Å². The summed E-state index contributed by atoms with van der Waals surface area (Å²) in [6.07, 6.45) is 0.972. The van der Waals surface area contributed by atoms with Gasteiger partial charge in [0.05, 0.1) is 0 Å². The van der Waals surface area contributed by atoms with E-state index in [2.05, 4.69) is 5.32 Å². The SMILES string of the molecule is CC(C)(C)OC(=O)NC1CCN(C(=O)c2ccc3c(O)cccc3c2)CC1. The average molecular weight is 370 g/mol. The number of benzene rings is 2. The number of ether oxygens (including phenoxy) is 1. The van der Waals surface area contributed by atoms with Crippen molar-refractivity contribution in [3.8, 4) is 5.75 Å². The van der Waals surface area contributed by atoms with Crippen LogP contribution in [-0.2, 0) is 4.74 Å². The molecule has 1 heterocycles. The third-order valence-electron chi connectivity index (χ3n) is 4.61. The summed E-state index contributed by atoms with van der Waals surface area (Å²) in [5.41, 5.74) is 0.0808. The Labute approximate surface area is 159 Å². The minimum absolute atomic E-state index is 0.0115. The molecule has 2 amide bonds. The minimum Gasteiger partial charge on any atom is -0.507 e. The number of aromatic hydroxyl groups is 1. The quantitative estimate of drug-likeness (QED) is 0.845. The number of alkyl carbamates (subject to hydrolysis) is 1. The summed E-state index contributed by atoms with van der Waals surface area (Å²) >= 11 is 0. The highest BCUT2D eigenvalue weighted by Crippen LogP contribution is 2.26. The van der Waals surface area contributed by atoms with Gasteiger partial charge < -0.3 is 20.1 Å². The van der Waals surface area contributed by atoms with Crippen LogP contribution in [0.3, 0.4) is 0 Å². The molecule has 0 atom stereocenters. The van der Waals surface area contributed by atoms with E-state index in [0.717, 1.165) is 10.8 Å². The molecule has 0 saturated carbocycles. The molecule has 27 heavy (non-hydrogen) atoms. The van der Waals surface area contributed by atoms with Crippen LogP contribution in [0.2, 0.25) is 0 Å². The van der Waals surface area contributed by atoms with Crippen LogP contribution >= 0.6 is 0 Å². The molecule has 3 rings (SSSR count). The topological polar surface area (TPSA) is 78.9 Å². The second kappa shape index (κ2) is 7.47. The highest BCUT2D eigenvalue weighted by atomic mass is 16.6. The Hall–Kier alpha value is -2.76. The summed E-state index contributed by atoms with van der Waals surface area (Å²) in [6, 6.07) is 10.6. The second-order valence-electron chi connectivity index (χ2n) is 7.93. The van der Waals surface area contributed by atoms with Crippen LogP contribution < -0.4 is 5.32 Å². The third kappa shape index (κ3) is 4.70. The van der Waals surface area contributed by atoms with E-state index in [1.54, 1.807) is 29.2 Å². The lowest BCUT2D eigenvalue weighted by atomic mass is 10.0. The van der Waals surface area contributed by atoms with Crippen molar-refractivity contribution in [3.05, 3.63) is 42.0 Å². The molecular formula is C21H26N2O4. The normalized spacial score (nSPS) is 15.6. The molecule has 1 saturated heterocycles. The predicted molar refractivity (Wildman–Crippen MR) is 104 cm³/mol. The highest BCUT2D eigenvalue weighted by molar-refractivity contribution is 5.99. The van der Waals surface area contributed by atoms with Crippen molar-refractivity contribution in [2.24, 2.45) is 0 Å². The van der Waals surface area contributed by atoms with E-state index in [0.29, 0.717) is 31.5 Å². The number of nitrogens with one attached hydrogen (secondary N) is 1. The van der Waals surface area contributed by atoms with E-state index in [1.807, 2.05) is 32.9 Å². The van der Waals surface area contributed by atoms with Crippen LogP contribution in [0.5, 0.6) is 5.75 Å². The number of carbonyl (C=O) groups is 2. The predicted octanol–water partition coefficient (Wildman–Crippen LogP) is 3.67. The zero-order valence-corrected chi connectivity index (χ0v) is 16.0. The van der Waals surface area contributed by atoms with Crippen molar-refractivity contribution in [1.82, 2.24) is 10.2 Å². The molecule has 2 aromatic carbocycles. The summed E-state index contributed by atoms with van der Waals surface area (Å²) in [7, 11) is 0. The van der Waals surface area contributed by atoms with Crippen LogP contribution in [0.25, 0.3) is 10.8 Å². The Bertz CT molecular complexity index is 849. The number of fused-ring (bicyclic) bond motifs is 1. The van der Waals surface area contributed by atoms with Crippen molar-refractivity contribution in [1.29, 1.82) is 0 Å². The van der Waals surface area contributed by atoms with Crippen molar-refractivity contribution >= 4 is 22.8 Å². The first-order valence-corrected chi connectivity index (χ1v) is 9.23. The lowest BCUT2D eigenvalue weighted by Gasteiger charge is -2.33. The van der Waals surface area contributed by atoms with Gasteiger partial charge in [-0.2, -0.15) is 0 Å². The first-order valence-electron chi connectivity index (χ1n) is 9.23. The van der Waals surface area contributed by atoms with E-state index < -0.39 is 11.7 Å². The molecule has 1 aliphatic rings. The fourth-order valence-corrected chi connectivity index (χ4v) is 3.28. The summed E-state index contributed by atoms with van der Waals surface area (Å²) < 4.78 is 5.28. The van der Waals surface area contributed by atoms with Gasteiger partial charge in [-0.3, -0.25) is 4.79 Å². The molecule has 0 bridgehead atoms. The third-order valence-corrected chi connectivity index (χ3v) is 4.61. The molecule has 2 aromatic rings. The maximum atomic E-state index is 12.8. The number of piperidine rings is 1. The van der Waals surface area contributed by atoms with Crippen LogP contribution in [0, 0.1) is 0 Å². The Kier molecular flexibility index (Phi) is 5.26. The lowest BCUT2D eigenvalue weighted by molar-refractivity contribution is 0.0473. The smallest absolute Gasteiger partial charge is 0.407 e. The van der Waals surface area contributed by atoms with Gasteiger partial charge in [-0.25, -0.2) is 4.79 Å². The van der Waals surface area contributed by atoms with Crippen LogP contribution in [0.1, 0.15) is 44.0 Å². The first kappa shape index (κ1) is 19.0. The molecule has 2 N–H and O–H groups in total. The van der Waals surface area contributed by atoms with Gasteiger partial charge in [0.15, 0.2) is 0 Å². The minimum atomic E-state index is -0.523. The second-order valence-corrected chi connectivity index (χ2v) is 7.93. The van der Waals surface area contributed by atoms with Gasteiger partial charge in [0, 0.05) is 30.1 Å². The average Bonchev–Trinajstić information content (AvgIpc) is 2.60. The first-order chi connectivity index (χ1) is 12.7. The fourth-order valence-electron chi connectivity index (χ4n) is 3.28. The number of carbonyl (C=O) groups excluding carboxylic acids is 2. The van der Waals surface area contributed by atoms with Crippen LogP contribution in [-0.4, -0.2) is 46.7 Å². The molecule has 0 unspecified atom stereocenters. The zero-order valence-electron chi connectivity index (χ0n) is 16.0. The number of phenolic OH excluding ortho intramolecular Hbond substituents is 1. The van der Waals surface area contributed by atoms with Gasteiger partial charge in [-0.1, -0.05) is 12.1 Å². The van der Waals surface area contributed by atoms with E-state index in [9.17, 15) is 14.7 Å². The maximum Gasteiger partial charge on any atom is 0.407 e. The largest absolute Gasteiger partial charge is 0.507 e. The molecule has 6 heteroatoms. The van der Waals surface area contributed by atoms with E-state index in [1.165, 1.54) is 0 Å². The van der Waals surface area contributed by atoms with Gasteiger partial charge >= 0.3 is 6.09 Å². The van der Waals surface area contributed by atoms with Crippen molar-refractivity contribution in [2.45, 2.75) is 45.3 Å². The summed E-state index contributed by atoms with van der Waals surface area (Å²) in [5, 5.41) is 14.3. The molecule has 1 fully saturated rings. The monoisotopic (exact) mass is 370 g/mol. The molecule has 0 radical (unpaired) electrons. The molecule has 0 aromatic heterocycles. The molecule has 0 spiro atoms. The number of rotatable bonds is 2. The van der Waals surface area contributed by atoms with E-state index in [-0.39, 0.29) is 17.7 Å². The number of amides is 2. The maximum absolute atomic E-state index is 12.8. The molecule has 6 nitrogen and oxygen atoms in total. The zero-order chi connectivity index (χ0) is 19.6. The number of phenols is 1. The van der Waals surface area contributed by atoms with Crippen molar-refractivity contribution < 1.29 is 19.4 Å². The van der Waals surface area contributed by atoms with Gasteiger partial charge in [-0.15, -0.1) is 0 Å². The Morgan fingerprint density at radius 2 is 1.85 bits per heavy atom. The number of nitrogens with zero attached hydrogens (tertiary/aromatic N) is 1. The summed E-state index contributed by atoms with van der Waals surface area (Å²) in [5.74, 6) is 0.177. The fraction of sp³-hybridized carbons (Fsp3) is 0.429. The van der Waals surface area contributed by atoms with Gasteiger partial charge in [-0.05, 0) is 63.3 Å². The Morgan fingerprint density at radius 3 is 2.52 bits per heavy atom. The summed E-state index contributed by atoms with van der Waals surface area (Å²) in [4.78, 5) is 26.5. The van der Waals surface area contributed by atoms with Crippen LogP contribution in [0.15, 0.2) is 36.4 Å². The van der Waals surface area contributed by atoms with E-state index >= 15 is 0 Å². The van der Waals surface area contributed by atoms with Gasteiger partial charge in [0.1, 0.15) is 11.4 Å². The number of hydrogen-bond donors (Lipinski definition) is 2. The molecule has 144 valence electrons. The molecule has 1 aliphatic heterocycles. The highest BCUT2D eigenvalue weighted by Gasteiger charge is 2.26. The molecule has 0 aliphatic carbocycles. The van der Waals surface area contributed by atoms with Crippen molar-refractivity contribution in [2.75, 3.05) is 13.1 Å². The Balaban J connectivity index is 1.59.